The van der Waals surface area contributed by atoms with Crippen LogP contribution in [0.1, 0.15) is 49.8 Å². The van der Waals surface area contributed by atoms with Gasteiger partial charge in [-0.2, -0.15) is 5.26 Å². The van der Waals surface area contributed by atoms with Gasteiger partial charge in [-0.1, -0.05) is 41.4 Å². The second kappa shape index (κ2) is 7.89. The zero-order valence-electron chi connectivity index (χ0n) is 18.3. The van der Waals surface area contributed by atoms with E-state index in [1.165, 1.54) is 38.5 Å². The molecule has 0 amide bonds. The van der Waals surface area contributed by atoms with Crippen LogP contribution in [0.4, 0.5) is 5.69 Å². The van der Waals surface area contributed by atoms with E-state index >= 15 is 0 Å². The number of fused-ring (bicyclic) bond motifs is 1. The average Bonchev–Trinajstić information content (AvgIpc) is 2.78. The van der Waals surface area contributed by atoms with Crippen LogP contribution in [0.2, 0.25) is 0 Å². The van der Waals surface area contributed by atoms with E-state index in [0.717, 1.165) is 51.0 Å². The van der Waals surface area contributed by atoms with Crippen molar-refractivity contribution in [1.82, 2.24) is 10.2 Å². The van der Waals surface area contributed by atoms with Crippen molar-refractivity contribution in [3.05, 3.63) is 53.7 Å². The highest BCUT2D eigenvalue weighted by molar-refractivity contribution is 7.78. The first-order valence-corrected chi connectivity index (χ1v) is 12.9. The molecule has 1 atom stereocenters. The van der Waals surface area contributed by atoms with Gasteiger partial charge in [-0.05, 0) is 85.1 Å². The molecule has 6 nitrogen and oxygen atoms in total. The second-order valence-corrected chi connectivity index (χ2v) is 11.1. The van der Waals surface area contributed by atoms with Gasteiger partial charge in [0.1, 0.15) is 6.07 Å². The summed E-state index contributed by atoms with van der Waals surface area (Å²) in [5, 5.41) is 23.2. The van der Waals surface area contributed by atoms with Crippen LogP contribution in [0.15, 0.2) is 42.5 Å². The van der Waals surface area contributed by atoms with Gasteiger partial charge < -0.3 is 9.87 Å². The van der Waals surface area contributed by atoms with Crippen LogP contribution in [0.3, 0.4) is 0 Å². The quantitative estimate of drug-likeness (QED) is 0.545. The van der Waals surface area contributed by atoms with E-state index in [4.69, 9.17) is 0 Å². The Morgan fingerprint density at radius 3 is 2.24 bits per heavy atom. The van der Waals surface area contributed by atoms with Crippen molar-refractivity contribution in [2.45, 2.75) is 49.8 Å². The lowest BCUT2D eigenvalue weighted by Crippen LogP contribution is -2.54. The van der Waals surface area contributed by atoms with E-state index in [9.17, 15) is 14.0 Å². The summed E-state index contributed by atoms with van der Waals surface area (Å²) in [6, 6.07) is 15.8. The van der Waals surface area contributed by atoms with Gasteiger partial charge in [-0.3, -0.25) is 4.21 Å². The van der Waals surface area contributed by atoms with Crippen molar-refractivity contribution in [2.75, 3.05) is 5.32 Å². The van der Waals surface area contributed by atoms with Gasteiger partial charge in [0.2, 0.25) is 0 Å². The van der Waals surface area contributed by atoms with Crippen LogP contribution in [-0.4, -0.2) is 24.5 Å². The largest absolute Gasteiger partial charge is 0.772 e. The number of nitriles is 1. The molecular weight excluding hydrogens is 432 g/mol. The molecular formula is C26H25N4O2S-. The molecule has 4 fully saturated rings. The summed E-state index contributed by atoms with van der Waals surface area (Å²) in [4.78, 5) is 0. The topological polar surface area (TPSA) is 102 Å². The third kappa shape index (κ3) is 3.81. The first kappa shape index (κ1) is 20.8. The van der Waals surface area contributed by atoms with Gasteiger partial charge in [0.15, 0.2) is 5.69 Å². The van der Waals surface area contributed by atoms with E-state index < -0.39 is 11.1 Å². The van der Waals surface area contributed by atoms with Crippen molar-refractivity contribution in [3.8, 4) is 17.2 Å². The highest BCUT2D eigenvalue weighted by atomic mass is 32.2. The van der Waals surface area contributed by atoms with Crippen molar-refractivity contribution in [1.29, 1.82) is 5.26 Å². The summed E-state index contributed by atoms with van der Waals surface area (Å²) in [6.07, 6.45) is 7.67. The van der Waals surface area contributed by atoms with E-state index in [1.54, 1.807) is 0 Å². The molecule has 7 heteroatoms. The Balaban J connectivity index is 1.35. The molecule has 3 aromatic rings. The predicted octanol–water partition coefficient (Wildman–Crippen LogP) is 4.93. The summed E-state index contributed by atoms with van der Waals surface area (Å²) in [5.41, 5.74) is 4.74. The Hall–Kier alpha value is -2.82. The number of rotatable bonds is 5. The van der Waals surface area contributed by atoms with Crippen LogP contribution in [-0.2, 0) is 16.8 Å². The Morgan fingerprint density at radius 2 is 1.64 bits per heavy atom. The molecule has 1 heterocycles. The average molecular weight is 458 g/mol. The lowest BCUT2D eigenvalue weighted by Gasteiger charge is -2.57. The normalized spacial score (nSPS) is 28.5. The Kier molecular flexibility index (Phi) is 4.97. The minimum Gasteiger partial charge on any atom is -0.772 e. The minimum atomic E-state index is -2.10. The number of benzene rings is 2. The Bertz CT molecular complexity index is 1260. The van der Waals surface area contributed by atoms with Gasteiger partial charge >= 0.3 is 0 Å². The fraction of sp³-hybridized carbons (Fsp3) is 0.423. The van der Waals surface area contributed by atoms with Gasteiger partial charge in [-0.25, -0.2) is 0 Å². The zero-order valence-corrected chi connectivity index (χ0v) is 19.1. The fourth-order valence-corrected chi connectivity index (χ4v) is 7.41. The first-order chi connectivity index (χ1) is 16.0. The molecule has 4 bridgehead atoms. The summed E-state index contributed by atoms with van der Waals surface area (Å²) >= 11 is -2.10. The van der Waals surface area contributed by atoms with E-state index in [1.807, 2.05) is 42.5 Å². The molecule has 2 aromatic carbocycles. The highest BCUT2D eigenvalue weighted by Crippen LogP contribution is 2.57. The number of nitrogens with one attached hydrogen (secondary N) is 1. The van der Waals surface area contributed by atoms with Crippen molar-refractivity contribution in [2.24, 2.45) is 17.8 Å². The number of aromatic nitrogens is 2. The summed E-state index contributed by atoms with van der Waals surface area (Å²) in [5.74, 6) is 2.44. The van der Waals surface area contributed by atoms with Crippen LogP contribution in [0.5, 0.6) is 0 Å². The maximum absolute atomic E-state index is 10.9. The first-order valence-electron chi connectivity index (χ1n) is 11.6. The van der Waals surface area contributed by atoms with Crippen LogP contribution in [0.25, 0.3) is 22.0 Å². The number of nitrogens with zero attached hydrogens (tertiary/aromatic N) is 3. The predicted molar refractivity (Wildman–Crippen MR) is 127 cm³/mol. The maximum Gasteiger partial charge on any atom is 0.186 e. The van der Waals surface area contributed by atoms with Crippen LogP contribution < -0.4 is 5.32 Å². The molecule has 4 aliphatic rings. The van der Waals surface area contributed by atoms with Crippen molar-refractivity contribution >= 4 is 27.7 Å². The molecule has 33 heavy (non-hydrogen) atoms. The number of hydrogen-bond donors (Lipinski definition) is 1. The molecule has 4 saturated carbocycles. The van der Waals surface area contributed by atoms with Gasteiger partial charge in [-0.15, -0.1) is 10.2 Å². The minimum absolute atomic E-state index is 0.0137. The molecule has 168 valence electrons. The highest BCUT2D eigenvalue weighted by Gasteiger charge is 2.51. The van der Waals surface area contributed by atoms with Crippen LogP contribution >= 0.6 is 0 Å². The Labute approximate surface area is 195 Å². The SMILES string of the molecule is N#Cc1nnc2cc(-c3ccc(CS(=O)[O-])cc3)ccc2c1NC12CC3CC(CC(C3)C1)C2. The third-order valence-electron chi connectivity index (χ3n) is 7.87. The van der Waals surface area contributed by atoms with E-state index in [0.29, 0.717) is 5.69 Å². The second-order valence-electron chi connectivity index (χ2n) is 10.2. The number of anilines is 1. The van der Waals surface area contributed by atoms with E-state index in [2.05, 4.69) is 21.6 Å². The van der Waals surface area contributed by atoms with Gasteiger partial charge in [0, 0.05) is 16.7 Å². The molecule has 1 N–H and O–H groups in total. The molecule has 1 aromatic heterocycles. The number of hydrogen-bond acceptors (Lipinski definition) is 6. The van der Waals surface area contributed by atoms with E-state index in [-0.39, 0.29) is 11.3 Å². The molecule has 0 spiro atoms. The summed E-state index contributed by atoms with van der Waals surface area (Å²) in [6.45, 7) is 0. The van der Waals surface area contributed by atoms with Crippen molar-refractivity contribution in [3.63, 3.8) is 0 Å². The maximum atomic E-state index is 10.9. The molecule has 4 aliphatic carbocycles. The summed E-state index contributed by atoms with van der Waals surface area (Å²) < 4.78 is 21.9. The Morgan fingerprint density at radius 1 is 1.00 bits per heavy atom. The molecule has 0 radical (unpaired) electrons. The fourth-order valence-electron chi connectivity index (χ4n) is 6.95. The smallest absolute Gasteiger partial charge is 0.186 e. The molecule has 1 unspecified atom stereocenters. The lowest BCUT2D eigenvalue weighted by molar-refractivity contribution is 0.0107. The molecule has 0 aliphatic heterocycles. The standard InChI is InChI=1S/C26H26N4O2S/c27-14-24-25(28-26-11-17-7-18(12-26)9-19(8-17)13-26)22-6-5-21(10-23(22)29-30-24)20-3-1-16(2-4-20)15-33(31)32/h1-6,10,17-19H,7-9,11-13,15H2,(H,28,29)(H,31,32)/p-1. The summed E-state index contributed by atoms with van der Waals surface area (Å²) in [7, 11) is 0. The molecule has 0 saturated heterocycles. The zero-order chi connectivity index (χ0) is 22.6. The molecule has 7 rings (SSSR count). The van der Waals surface area contributed by atoms with Crippen LogP contribution in [0, 0.1) is 29.1 Å². The van der Waals surface area contributed by atoms with Gasteiger partial charge in [0.05, 0.1) is 11.2 Å². The lowest BCUT2D eigenvalue weighted by atomic mass is 9.53. The monoisotopic (exact) mass is 457 g/mol. The van der Waals surface area contributed by atoms with Crippen molar-refractivity contribution < 1.29 is 8.76 Å². The third-order valence-corrected chi connectivity index (χ3v) is 8.44. The van der Waals surface area contributed by atoms with Gasteiger partial charge in [0.25, 0.3) is 0 Å².